The molecular weight excluding hydrogens is 272 g/mol. The number of nitrogens with one attached hydrogen (secondary N) is 1. The second kappa shape index (κ2) is 6.61. The second-order valence-corrected chi connectivity index (χ2v) is 5.91. The van der Waals surface area contributed by atoms with Gasteiger partial charge < -0.3 is 10.1 Å². The minimum absolute atomic E-state index is 0.198. The molecule has 0 aromatic heterocycles. The first-order chi connectivity index (χ1) is 9.62. The molecule has 1 aromatic carbocycles. The number of benzene rings is 1. The zero-order valence-electron chi connectivity index (χ0n) is 12.3. The number of hydrogen-bond acceptors (Lipinski definition) is 5. The molecule has 1 aliphatic rings. The number of rotatable bonds is 4. The molecule has 4 nitrogen and oxygen atoms in total. The van der Waals surface area contributed by atoms with Crippen molar-refractivity contribution in [3.8, 4) is 0 Å². The lowest BCUT2D eigenvalue weighted by atomic mass is 9.89. The average Bonchev–Trinajstić information content (AvgIpc) is 2.54. The topological polar surface area (TPSA) is 41.6 Å². The van der Waals surface area contributed by atoms with E-state index in [1.165, 1.54) is 12.0 Å². The van der Waals surface area contributed by atoms with Gasteiger partial charge in [0, 0.05) is 31.1 Å². The highest BCUT2D eigenvalue weighted by Crippen LogP contribution is 2.31. The summed E-state index contributed by atoms with van der Waals surface area (Å²) in [7, 11) is 1.46. The zero-order valence-corrected chi connectivity index (χ0v) is 13.1. The third-order valence-corrected chi connectivity index (χ3v) is 4.73. The fraction of sp³-hybridized carbons (Fsp3) is 0.533. The van der Waals surface area contributed by atoms with E-state index in [0.29, 0.717) is 0 Å². The fourth-order valence-electron chi connectivity index (χ4n) is 2.66. The van der Waals surface area contributed by atoms with Crippen LogP contribution in [0.2, 0.25) is 0 Å². The van der Waals surface area contributed by atoms with E-state index in [0.717, 1.165) is 31.7 Å². The maximum absolute atomic E-state index is 12.4. The van der Waals surface area contributed by atoms with E-state index in [-0.39, 0.29) is 5.97 Å². The van der Waals surface area contributed by atoms with E-state index < -0.39 is 5.54 Å². The summed E-state index contributed by atoms with van der Waals surface area (Å²) in [5, 5.41) is 3.32. The molecule has 1 N–H and O–H groups in total. The highest BCUT2D eigenvalue weighted by atomic mass is 32.2. The molecule has 0 aliphatic carbocycles. The van der Waals surface area contributed by atoms with Crippen molar-refractivity contribution in [1.82, 2.24) is 10.2 Å². The molecule has 1 atom stereocenters. The van der Waals surface area contributed by atoms with Crippen LogP contribution < -0.4 is 5.32 Å². The Kier molecular flexibility index (Phi) is 5.07. The van der Waals surface area contributed by atoms with E-state index in [4.69, 9.17) is 4.74 Å². The minimum Gasteiger partial charge on any atom is -0.467 e. The fourth-order valence-corrected chi connectivity index (χ4v) is 3.06. The summed E-state index contributed by atoms with van der Waals surface area (Å²) in [5.41, 5.74) is 0.275. The van der Waals surface area contributed by atoms with Crippen molar-refractivity contribution < 1.29 is 9.53 Å². The quantitative estimate of drug-likeness (QED) is 0.676. The Bertz CT molecular complexity index is 457. The Hall–Kier alpha value is -1.04. The molecular formula is C15H22N2O2S. The van der Waals surface area contributed by atoms with E-state index in [2.05, 4.69) is 22.3 Å². The largest absolute Gasteiger partial charge is 0.467 e. The van der Waals surface area contributed by atoms with Gasteiger partial charge in [0.05, 0.1) is 7.11 Å². The third kappa shape index (κ3) is 2.85. The lowest BCUT2D eigenvalue weighted by Crippen LogP contribution is -2.57. The van der Waals surface area contributed by atoms with Crippen molar-refractivity contribution in [2.24, 2.45) is 0 Å². The van der Waals surface area contributed by atoms with Crippen molar-refractivity contribution in [3.05, 3.63) is 29.8 Å². The predicted octanol–water partition coefficient (Wildman–Crippen LogP) is 1.70. The van der Waals surface area contributed by atoms with Gasteiger partial charge >= 0.3 is 5.97 Å². The van der Waals surface area contributed by atoms with Gasteiger partial charge in [-0.05, 0) is 30.9 Å². The summed E-state index contributed by atoms with van der Waals surface area (Å²) >= 11 is 1.70. The maximum atomic E-state index is 12.4. The van der Waals surface area contributed by atoms with Crippen LogP contribution in [0.4, 0.5) is 0 Å². The number of piperazine rings is 1. The Morgan fingerprint density at radius 1 is 1.30 bits per heavy atom. The SMILES string of the molecule is COC(=O)C(C)(c1ccc(SC)cc1)N1CCNCC1. The van der Waals surface area contributed by atoms with E-state index in [1.807, 2.05) is 25.3 Å². The number of methoxy groups -OCH3 is 1. The van der Waals surface area contributed by atoms with Crippen molar-refractivity contribution in [3.63, 3.8) is 0 Å². The highest BCUT2D eigenvalue weighted by molar-refractivity contribution is 7.98. The molecule has 1 aromatic rings. The Morgan fingerprint density at radius 3 is 2.40 bits per heavy atom. The number of hydrogen-bond donors (Lipinski definition) is 1. The van der Waals surface area contributed by atoms with Gasteiger partial charge in [0.25, 0.3) is 0 Å². The van der Waals surface area contributed by atoms with Crippen LogP contribution in [0.1, 0.15) is 12.5 Å². The molecule has 1 aliphatic heterocycles. The summed E-state index contributed by atoms with van der Waals surface area (Å²) in [5.74, 6) is -0.198. The number of carbonyl (C=O) groups excluding carboxylic acids is 1. The predicted molar refractivity (Wildman–Crippen MR) is 82.0 cm³/mol. The van der Waals surface area contributed by atoms with Crippen molar-refractivity contribution in [1.29, 1.82) is 0 Å². The Balaban J connectivity index is 2.36. The monoisotopic (exact) mass is 294 g/mol. The summed E-state index contributed by atoms with van der Waals surface area (Å²) in [6.45, 7) is 5.44. The van der Waals surface area contributed by atoms with Crippen LogP contribution in [0, 0.1) is 0 Å². The molecule has 0 saturated carbocycles. The Morgan fingerprint density at radius 2 is 1.90 bits per heavy atom. The van der Waals surface area contributed by atoms with Crippen molar-refractivity contribution in [2.75, 3.05) is 39.5 Å². The lowest BCUT2D eigenvalue weighted by molar-refractivity contribution is -0.155. The lowest BCUT2D eigenvalue weighted by Gasteiger charge is -2.41. The number of thioether (sulfide) groups is 1. The van der Waals surface area contributed by atoms with Gasteiger partial charge in [-0.3, -0.25) is 4.90 Å². The number of nitrogens with zero attached hydrogens (tertiary/aromatic N) is 1. The summed E-state index contributed by atoms with van der Waals surface area (Å²) in [6, 6.07) is 8.18. The number of esters is 1. The molecule has 1 fully saturated rings. The molecule has 2 rings (SSSR count). The van der Waals surface area contributed by atoms with Gasteiger partial charge in [-0.25, -0.2) is 4.79 Å². The third-order valence-electron chi connectivity index (χ3n) is 3.98. The average molecular weight is 294 g/mol. The second-order valence-electron chi connectivity index (χ2n) is 5.03. The minimum atomic E-state index is -0.714. The molecule has 0 bridgehead atoms. The molecule has 1 saturated heterocycles. The smallest absolute Gasteiger partial charge is 0.330 e. The molecule has 20 heavy (non-hydrogen) atoms. The summed E-state index contributed by atoms with van der Waals surface area (Å²) in [6.07, 6.45) is 2.05. The normalized spacial score (nSPS) is 19.4. The van der Waals surface area contributed by atoms with Crippen LogP contribution in [-0.2, 0) is 15.1 Å². The van der Waals surface area contributed by atoms with Gasteiger partial charge in [-0.15, -0.1) is 11.8 Å². The van der Waals surface area contributed by atoms with Gasteiger partial charge in [0.15, 0.2) is 0 Å². The zero-order chi connectivity index (χ0) is 14.6. The molecule has 1 heterocycles. The van der Waals surface area contributed by atoms with Crippen LogP contribution in [0.15, 0.2) is 29.2 Å². The van der Waals surface area contributed by atoms with E-state index in [1.54, 1.807) is 11.8 Å². The van der Waals surface area contributed by atoms with Crippen molar-refractivity contribution in [2.45, 2.75) is 17.4 Å². The molecule has 0 spiro atoms. The first-order valence-electron chi connectivity index (χ1n) is 6.81. The van der Waals surface area contributed by atoms with Crippen LogP contribution >= 0.6 is 11.8 Å². The van der Waals surface area contributed by atoms with Crippen molar-refractivity contribution >= 4 is 17.7 Å². The van der Waals surface area contributed by atoms with Gasteiger partial charge in [0.1, 0.15) is 5.54 Å². The van der Waals surface area contributed by atoms with E-state index >= 15 is 0 Å². The van der Waals surface area contributed by atoms with Gasteiger partial charge in [-0.2, -0.15) is 0 Å². The molecule has 0 radical (unpaired) electrons. The maximum Gasteiger partial charge on any atom is 0.330 e. The van der Waals surface area contributed by atoms with Crippen LogP contribution in [-0.4, -0.2) is 50.4 Å². The van der Waals surface area contributed by atoms with Gasteiger partial charge in [-0.1, -0.05) is 12.1 Å². The Labute approximate surface area is 124 Å². The molecule has 5 heteroatoms. The molecule has 0 amide bonds. The molecule has 1 unspecified atom stereocenters. The number of carbonyl (C=O) groups is 1. The van der Waals surface area contributed by atoms with Crippen LogP contribution in [0.25, 0.3) is 0 Å². The molecule has 110 valence electrons. The highest BCUT2D eigenvalue weighted by Gasteiger charge is 2.42. The van der Waals surface area contributed by atoms with E-state index in [9.17, 15) is 4.79 Å². The standard InChI is InChI=1S/C15H22N2O2S/c1-15(14(18)19-2,17-10-8-16-9-11-17)12-4-6-13(20-3)7-5-12/h4-7,16H,8-11H2,1-3H3. The first-order valence-corrected chi connectivity index (χ1v) is 8.04. The number of ether oxygens (including phenoxy) is 1. The first kappa shape index (κ1) is 15.4. The van der Waals surface area contributed by atoms with Gasteiger partial charge in [0.2, 0.25) is 0 Å². The van der Waals surface area contributed by atoms with Crippen LogP contribution in [0.3, 0.4) is 0 Å². The summed E-state index contributed by atoms with van der Waals surface area (Å²) < 4.78 is 5.07. The summed E-state index contributed by atoms with van der Waals surface area (Å²) in [4.78, 5) is 15.8. The van der Waals surface area contributed by atoms with Crippen LogP contribution in [0.5, 0.6) is 0 Å².